The molecule has 0 unspecified atom stereocenters. The van der Waals surface area contributed by atoms with E-state index in [-0.39, 0.29) is 6.09 Å². The first kappa shape index (κ1) is 13.3. The van der Waals surface area contributed by atoms with Crippen molar-refractivity contribution in [2.45, 2.75) is 39.0 Å². The molecule has 1 amide bonds. The fraction of sp³-hybridized carbons (Fsp3) is 0.818. The predicted octanol–water partition coefficient (Wildman–Crippen LogP) is 2.86. The van der Waals surface area contributed by atoms with E-state index >= 15 is 0 Å². The van der Waals surface area contributed by atoms with Crippen molar-refractivity contribution in [1.82, 2.24) is 4.90 Å². The number of carbonyl (C=O) groups excluding carboxylic acids is 1. The van der Waals surface area contributed by atoms with E-state index in [0.29, 0.717) is 6.61 Å². The first-order valence-electron chi connectivity index (χ1n) is 5.39. The molecule has 1 radical (unpaired) electrons. The zero-order valence-electron chi connectivity index (χ0n) is 9.42. The van der Waals surface area contributed by atoms with Crippen LogP contribution in [0.3, 0.4) is 0 Å². The van der Waals surface area contributed by atoms with E-state index in [1.165, 1.54) is 0 Å². The van der Waals surface area contributed by atoms with E-state index in [4.69, 9.17) is 4.74 Å². The van der Waals surface area contributed by atoms with Crippen LogP contribution in [0.4, 0.5) is 4.79 Å². The molecule has 0 aromatic heterocycles. The average molecular weight is 200 g/mol. The highest BCUT2D eigenvalue weighted by atomic mass is 16.6. The highest BCUT2D eigenvalue weighted by Crippen LogP contribution is 2.01. The highest BCUT2D eigenvalue weighted by molar-refractivity contribution is 5.67. The van der Waals surface area contributed by atoms with Crippen LogP contribution in [0.15, 0.2) is 0 Å². The van der Waals surface area contributed by atoms with Crippen molar-refractivity contribution < 1.29 is 9.53 Å². The third kappa shape index (κ3) is 6.75. The molecular formula is C11H22NO2. The lowest BCUT2D eigenvalue weighted by Crippen LogP contribution is -2.28. The summed E-state index contributed by atoms with van der Waals surface area (Å²) in [6, 6.07) is 0. The lowest BCUT2D eigenvalue weighted by molar-refractivity contribution is 0.110. The molecule has 83 valence electrons. The van der Waals surface area contributed by atoms with E-state index in [2.05, 4.69) is 6.92 Å². The Morgan fingerprint density at radius 1 is 1.36 bits per heavy atom. The van der Waals surface area contributed by atoms with E-state index in [9.17, 15) is 4.79 Å². The molecule has 0 saturated carbocycles. The van der Waals surface area contributed by atoms with Gasteiger partial charge in [-0.15, -0.1) is 0 Å². The number of ether oxygens (including phenoxy) is 1. The van der Waals surface area contributed by atoms with Crippen LogP contribution in [-0.2, 0) is 4.74 Å². The number of hydrogen-bond donors (Lipinski definition) is 0. The van der Waals surface area contributed by atoms with Crippen LogP contribution in [0.25, 0.3) is 0 Å². The van der Waals surface area contributed by atoms with Gasteiger partial charge in [0.15, 0.2) is 0 Å². The molecule has 3 nitrogen and oxygen atoms in total. The maximum Gasteiger partial charge on any atom is 0.409 e. The van der Waals surface area contributed by atoms with Crippen molar-refractivity contribution in [3.05, 3.63) is 6.92 Å². The van der Waals surface area contributed by atoms with Crippen molar-refractivity contribution in [3.63, 3.8) is 0 Å². The summed E-state index contributed by atoms with van der Waals surface area (Å²) in [5, 5.41) is 0. The molecule has 0 rings (SSSR count). The van der Waals surface area contributed by atoms with Gasteiger partial charge in [0.2, 0.25) is 0 Å². The van der Waals surface area contributed by atoms with Crippen molar-refractivity contribution >= 4 is 6.09 Å². The van der Waals surface area contributed by atoms with E-state index < -0.39 is 0 Å². The van der Waals surface area contributed by atoms with Gasteiger partial charge in [0.1, 0.15) is 0 Å². The number of rotatable bonds is 7. The molecule has 0 aromatic carbocycles. The second kappa shape index (κ2) is 8.85. The summed E-state index contributed by atoms with van der Waals surface area (Å²) >= 11 is 0. The van der Waals surface area contributed by atoms with Crippen LogP contribution in [0.2, 0.25) is 0 Å². The summed E-state index contributed by atoms with van der Waals surface area (Å²) in [7, 11) is 1.78. The molecular weight excluding hydrogens is 178 g/mol. The molecule has 0 saturated heterocycles. The largest absolute Gasteiger partial charge is 0.449 e. The second-order valence-electron chi connectivity index (χ2n) is 3.45. The van der Waals surface area contributed by atoms with Gasteiger partial charge in [-0.3, -0.25) is 0 Å². The van der Waals surface area contributed by atoms with E-state index in [1.807, 2.05) is 6.92 Å². The third-order valence-electron chi connectivity index (χ3n) is 1.98. The number of nitrogens with zero attached hydrogens (tertiary/aromatic N) is 1. The molecule has 0 aliphatic rings. The number of amides is 1. The third-order valence-corrected chi connectivity index (χ3v) is 1.98. The van der Waals surface area contributed by atoms with Crippen molar-refractivity contribution in [1.29, 1.82) is 0 Å². The van der Waals surface area contributed by atoms with Crippen LogP contribution in [0, 0.1) is 6.92 Å². The molecule has 0 heterocycles. The van der Waals surface area contributed by atoms with E-state index in [1.54, 1.807) is 11.9 Å². The maximum absolute atomic E-state index is 11.3. The van der Waals surface area contributed by atoms with Gasteiger partial charge < -0.3 is 9.64 Å². The van der Waals surface area contributed by atoms with Crippen LogP contribution < -0.4 is 0 Å². The van der Waals surface area contributed by atoms with Crippen LogP contribution >= 0.6 is 0 Å². The second-order valence-corrected chi connectivity index (χ2v) is 3.45. The zero-order valence-corrected chi connectivity index (χ0v) is 9.42. The van der Waals surface area contributed by atoms with Gasteiger partial charge in [0.05, 0.1) is 6.61 Å². The first-order chi connectivity index (χ1) is 6.72. The van der Waals surface area contributed by atoms with Gasteiger partial charge in [0, 0.05) is 13.6 Å². The molecule has 0 fully saturated rings. The Hall–Kier alpha value is -0.730. The molecule has 14 heavy (non-hydrogen) atoms. The van der Waals surface area contributed by atoms with Crippen molar-refractivity contribution in [2.75, 3.05) is 20.2 Å². The molecule has 3 heteroatoms. The number of unbranched alkanes of at least 4 members (excludes halogenated alkanes) is 3. The van der Waals surface area contributed by atoms with Crippen LogP contribution in [0.5, 0.6) is 0 Å². The normalized spacial score (nSPS) is 9.93. The highest BCUT2D eigenvalue weighted by Gasteiger charge is 2.07. The Morgan fingerprint density at radius 3 is 2.64 bits per heavy atom. The molecule has 0 aliphatic heterocycles. The van der Waals surface area contributed by atoms with E-state index in [0.717, 1.165) is 38.6 Å². The smallest absolute Gasteiger partial charge is 0.409 e. The fourth-order valence-electron chi connectivity index (χ4n) is 1.09. The summed E-state index contributed by atoms with van der Waals surface area (Å²) < 4.78 is 4.98. The standard InChI is InChI=1S/C11H22NO2/c1-4-6-7-8-9-12(3)11(13)14-10-5-2/h1,4-10H2,2-3H3. The summed E-state index contributed by atoms with van der Waals surface area (Å²) in [6.45, 7) is 7.06. The maximum atomic E-state index is 11.3. The summed E-state index contributed by atoms with van der Waals surface area (Å²) in [5.41, 5.74) is 0. The number of hydrogen-bond acceptors (Lipinski definition) is 2. The molecule has 0 aliphatic carbocycles. The summed E-state index contributed by atoms with van der Waals surface area (Å²) in [5.74, 6) is 0. The predicted molar refractivity (Wildman–Crippen MR) is 58.1 cm³/mol. The quantitative estimate of drug-likeness (QED) is 0.591. The van der Waals surface area contributed by atoms with Gasteiger partial charge in [-0.1, -0.05) is 33.1 Å². The molecule has 0 spiro atoms. The van der Waals surface area contributed by atoms with Gasteiger partial charge in [0.25, 0.3) is 0 Å². The average Bonchev–Trinajstić information content (AvgIpc) is 2.20. The Bertz CT molecular complexity index is 148. The lowest BCUT2D eigenvalue weighted by atomic mass is 10.2. The topological polar surface area (TPSA) is 29.5 Å². The zero-order chi connectivity index (χ0) is 10.8. The Kier molecular flexibility index (Phi) is 8.39. The summed E-state index contributed by atoms with van der Waals surface area (Å²) in [6.07, 6.45) is 4.95. The molecule has 0 N–H and O–H groups in total. The molecule has 0 atom stereocenters. The minimum Gasteiger partial charge on any atom is -0.449 e. The van der Waals surface area contributed by atoms with Crippen LogP contribution in [-0.4, -0.2) is 31.2 Å². The molecule has 0 aromatic rings. The van der Waals surface area contributed by atoms with Gasteiger partial charge >= 0.3 is 6.09 Å². The van der Waals surface area contributed by atoms with Crippen molar-refractivity contribution in [2.24, 2.45) is 0 Å². The first-order valence-corrected chi connectivity index (χ1v) is 5.39. The van der Waals surface area contributed by atoms with Gasteiger partial charge in [-0.25, -0.2) is 4.79 Å². The Balaban J connectivity index is 3.42. The van der Waals surface area contributed by atoms with Crippen molar-refractivity contribution in [3.8, 4) is 0 Å². The minimum absolute atomic E-state index is 0.207. The monoisotopic (exact) mass is 200 g/mol. The summed E-state index contributed by atoms with van der Waals surface area (Å²) in [4.78, 5) is 12.9. The fourth-order valence-corrected chi connectivity index (χ4v) is 1.09. The molecule has 0 bridgehead atoms. The lowest BCUT2D eigenvalue weighted by Gasteiger charge is -2.16. The van der Waals surface area contributed by atoms with Gasteiger partial charge in [-0.05, 0) is 12.8 Å². The SMILES string of the molecule is [CH2]CCCCCN(C)C(=O)OCCC. The van der Waals surface area contributed by atoms with Crippen LogP contribution in [0.1, 0.15) is 39.0 Å². The Labute approximate surface area is 87.4 Å². The van der Waals surface area contributed by atoms with Gasteiger partial charge in [-0.2, -0.15) is 0 Å². The number of carbonyl (C=O) groups is 1. The minimum atomic E-state index is -0.207. The Morgan fingerprint density at radius 2 is 2.07 bits per heavy atom.